The molecular weight excluding hydrogens is 248 g/mol. The lowest BCUT2D eigenvalue weighted by atomic mass is 10.3. The Morgan fingerprint density at radius 2 is 1.84 bits per heavy atom. The smallest absolute Gasteiger partial charge is 0.311 e. The lowest BCUT2D eigenvalue weighted by Crippen LogP contribution is -2.51. The van der Waals surface area contributed by atoms with Crippen LogP contribution in [0.3, 0.4) is 0 Å². The lowest BCUT2D eigenvalue weighted by molar-refractivity contribution is -0.146. The molecule has 1 aliphatic rings. The lowest BCUT2D eigenvalue weighted by Gasteiger charge is -2.26. The van der Waals surface area contributed by atoms with E-state index < -0.39 is 11.8 Å². The molecule has 7 nitrogen and oxygen atoms in total. The minimum Gasteiger partial charge on any atom is -0.354 e. The summed E-state index contributed by atoms with van der Waals surface area (Å²) in [7, 11) is 0. The van der Waals surface area contributed by atoms with Crippen LogP contribution in [0.2, 0.25) is 0 Å². The van der Waals surface area contributed by atoms with Crippen LogP contribution < -0.4 is 16.0 Å². The molecule has 0 atom stereocenters. The Kier molecular flexibility index (Phi) is 6.27. The molecule has 0 radical (unpaired) electrons. The van der Waals surface area contributed by atoms with Crippen molar-refractivity contribution in [1.82, 2.24) is 20.9 Å². The van der Waals surface area contributed by atoms with Gasteiger partial charge in [-0.05, 0) is 13.8 Å². The standard InChI is InChI=1S/C12H22N4O3/c1-9(2)15-10(17)3-4-14-11(18)12(19)16-7-5-13-6-8-16/h9,13H,3-8H2,1-2H3,(H,14,18)(H,15,17). The molecule has 1 fully saturated rings. The minimum atomic E-state index is -0.640. The van der Waals surface area contributed by atoms with E-state index in [1.165, 1.54) is 4.90 Å². The Labute approximate surface area is 113 Å². The van der Waals surface area contributed by atoms with Gasteiger partial charge in [0.2, 0.25) is 5.91 Å². The molecule has 0 spiro atoms. The quantitative estimate of drug-likeness (QED) is 0.539. The summed E-state index contributed by atoms with van der Waals surface area (Å²) < 4.78 is 0. The first-order chi connectivity index (χ1) is 9.00. The molecule has 1 saturated heterocycles. The molecule has 108 valence electrons. The predicted molar refractivity (Wildman–Crippen MR) is 70.4 cm³/mol. The number of nitrogens with zero attached hydrogens (tertiary/aromatic N) is 1. The van der Waals surface area contributed by atoms with Crippen LogP contribution in [-0.2, 0) is 14.4 Å². The van der Waals surface area contributed by atoms with Gasteiger partial charge in [0.1, 0.15) is 0 Å². The molecular formula is C12H22N4O3. The van der Waals surface area contributed by atoms with Gasteiger partial charge in [-0.15, -0.1) is 0 Å². The molecule has 0 aromatic heterocycles. The number of hydrogen-bond acceptors (Lipinski definition) is 4. The first kappa shape index (κ1) is 15.4. The van der Waals surface area contributed by atoms with Gasteiger partial charge in [0.25, 0.3) is 0 Å². The first-order valence-electron chi connectivity index (χ1n) is 6.58. The van der Waals surface area contributed by atoms with Gasteiger partial charge in [0.15, 0.2) is 0 Å². The summed E-state index contributed by atoms with van der Waals surface area (Å²) in [4.78, 5) is 36.2. The monoisotopic (exact) mass is 270 g/mol. The van der Waals surface area contributed by atoms with Crippen molar-refractivity contribution in [2.45, 2.75) is 26.3 Å². The van der Waals surface area contributed by atoms with Crippen LogP contribution in [0.15, 0.2) is 0 Å². The molecule has 3 amide bonds. The predicted octanol–water partition coefficient (Wildman–Crippen LogP) is -1.55. The Balaban J connectivity index is 2.23. The molecule has 3 N–H and O–H groups in total. The van der Waals surface area contributed by atoms with E-state index in [4.69, 9.17) is 0 Å². The van der Waals surface area contributed by atoms with Crippen LogP contribution in [0.4, 0.5) is 0 Å². The second-order valence-electron chi connectivity index (χ2n) is 4.77. The minimum absolute atomic E-state index is 0.0747. The van der Waals surface area contributed by atoms with Gasteiger partial charge in [-0.25, -0.2) is 0 Å². The van der Waals surface area contributed by atoms with E-state index >= 15 is 0 Å². The summed E-state index contributed by atoms with van der Waals surface area (Å²) >= 11 is 0. The van der Waals surface area contributed by atoms with Crippen molar-refractivity contribution in [3.63, 3.8) is 0 Å². The largest absolute Gasteiger partial charge is 0.354 e. The van der Waals surface area contributed by atoms with Crippen molar-refractivity contribution in [2.75, 3.05) is 32.7 Å². The summed E-state index contributed by atoms with van der Waals surface area (Å²) in [6.07, 6.45) is 0.179. The van der Waals surface area contributed by atoms with Crippen LogP contribution in [-0.4, -0.2) is 61.4 Å². The van der Waals surface area contributed by atoms with Gasteiger partial charge in [-0.3, -0.25) is 14.4 Å². The van der Waals surface area contributed by atoms with Gasteiger partial charge >= 0.3 is 11.8 Å². The van der Waals surface area contributed by atoms with Crippen molar-refractivity contribution in [1.29, 1.82) is 0 Å². The van der Waals surface area contributed by atoms with Gasteiger partial charge in [-0.1, -0.05) is 0 Å². The maximum atomic E-state index is 11.7. The summed E-state index contributed by atoms with van der Waals surface area (Å²) in [6, 6.07) is 0.0747. The van der Waals surface area contributed by atoms with Gasteiger partial charge in [0, 0.05) is 45.2 Å². The fourth-order valence-corrected chi connectivity index (χ4v) is 1.77. The highest BCUT2D eigenvalue weighted by molar-refractivity contribution is 6.35. The summed E-state index contributed by atoms with van der Waals surface area (Å²) in [5, 5.41) is 8.29. The van der Waals surface area contributed by atoms with Crippen molar-refractivity contribution in [3.8, 4) is 0 Å². The highest BCUT2D eigenvalue weighted by Crippen LogP contribution is 1.93. The first-order valence-corrected chi connectivity index (χ1v) is 6.58. The maximum Gasteiger partial charge on any atom is 0.311 e. The van der Waals surface area contributed by atoms with E-state index in [9.17, 15) is 14.4 Å². The van der Waals surface area contributed by atoms with Crippen LogP contribution in [0.5, 0.6) is 0 Å². The highest BCUT2D eigenvalue weighted by atomic mass is 16.2. The van der Waals surface area contributed by atoms with Crippen LogP contribution >= 0.6 is 0 Å². The van der Waals surface area contributed by atoms with Crippen molar-refractivity contribution >= 4 is 17.7 Å². The molecule has 0 aliphatic carbocycles. The van der Waals surface area contributed by atoms with Gasteiger partial charge < -0.3 is 20.9 Å². The Morgan fingerprint density at radius 1 is 1.21 bits per heavy atom. The Bertz CT molecular complexity index is 338. The van der Waals surface area contributed by atoms with Crippen LogP contribution in [0.25, 0.3) is 0 Å². The molecule has 0 unspecified atom stereocenters. The third-order valence-electron chi connectivity index (χ3n) is 2.69. The van der Waals surface area contributed by atoms with Gasteiger partial charge in [0.05, 0.1) is 0 Å². The molecule has 1 aliphatic heterocycles. The number of amides is 3. The average Bonchev–Trinajstić information content (AvgIpc) is 2.37. The zero-order valence-electron chi connectivity index (χ0n) is 11.5. The second kappa shape index (κ2) is 7.73. The summed E-state index contributed by atoms with van der Waals surface area (Å²) in [5.41, 5.74) is 0. The molecule has 0 aromatic carbocycles. The van der Waals surface area contributed by atoms with Crippen LogP contribution in [0, 0.1) is 0 Å². The summed E-state index contributed by atoms with van der Waals surface area (Å²) in [5.74, 6) is -1.30. The zero-order valence-corrected chi connectivity index (χ0v) is 11.5. The fourth-order valence-electron chi connectivity index (χ4n) is 1.77. The van der Waals surface area contributed by atoms with E-state index in [2.05, 4.69) is 16.0 Å². The molecule has 0 aromatic rings. The number of hydrogen-bond donors (Lipinski definition) is 3. The Morgan fingerprint density at radius 3 is 2.42 bits per heavy atom. The number of carbonyl (C=O) groups is 3. The topological polar surface area (TPSA) is 90.5 Å². The van der Waals surface area contributed by atoms with Crippen molar-refractivity contribution < 1.29 is 14.4 Å². The third-order valence-corrected chi connectivity index (χ3v) is 2.69. The molecule has 19 heavy (non-hydrogen) atoms. The zero-order chi connectivity index (χ0) is 14.3. The molecule has 7 heteroatoms. The normalized spacial score (nSPS) is 15.2. The Hall–Kier alpha value is -1.63. The SMILES string of the molecule is CC(C)NC(=O)CCNC(=O)C(=O)N1CCNCC1. The van der Waals surface area contributed by atoms with Crippen molar-refractivity contribution in [3.05, 3.63) is 0 Å². The van der Waals surface area contributed by atoms with E-state index in [1.54, 1.807) is 0 Å². The highest BCUT2D eigenvalue weighted by Gasteiger charge is 2.22. The number of rotatable bonds is 4. The van der Waals surface area contributed by atoms with Crippen molar-refractivity contribution in [2.24, 2.45) is 0 Å². The third kappa shape index (κ3) is 5.69. The number of carbonyl (C=O) groups excluding carboxylic acids is 3. The molecule has 0 saturated carbocycles. The maximum absolute atomic E-state index is 11.7. The number of piperazine rings is 1. The molecule has 1 heterocycles. The van der Waals surface area contributed by atoms with E-state index in [0.29, 0.717) is 26.2 Å². The second-order valence-corrected chi connectivity index (χ2v) is 4.77. The van der Waals surface area contributed by atoms with E-state index in [-0.39, 0.29) is 24.9 Å². The summed E-state index contributed by atoms with van der Waals surface area (Å²) in [6.45, 7) is 6.40. The number of nitrogens with one attached hydrogen (secondary N) is 3. The van der Waals surface area contributed by atoms with Gasteiger partial charge in [-0.2, -0.15) is 0 Å². The van der Waals surface area contributed by atoms with E-state index in [0.717, 1.165) is 0 Å². The van der Waals surface area contributed by atoms with E-state index in [1.807, 2.05) is 13.8 Å². The molecule has 0 bridgehead atoms. The molecule has 1 rings (SSSR count). The van der Waals surface area contributed by atoms with Crippen LogP contribution in [0.1, 0.15) is 20.3 Å². The fraction of sp³-hybridized carbons (Fsp3) is 0.750. The average molecular weight is 270 g/mol.